The molecule has 0 aromatic heterocycles. The van der Waals surface area contributed by atoms with Gasteiger partial charge in [-0.25, -0.2) is 0 Å². The summed E-state index contributed by atoms with van der Waals surface area (Å²) in [5.74, 6) is 0. The normalized spacial score (nSPS) is 2.50. The molecular formula is H3CdHgPTe. The fraction of sp³-hybridized carbons (Fsp3) is 0. The van der Waals surface area contributed by atoms with E-state index in [0.717, 1.165) is 0 Å². The van der Waals surface area contributed by atoms with Crippen LogP contribution >= 0.6 is 6.30 Å². The van der Waals surface area contributed by atoms with Crippen molar-refractivity contribution in [2.24, 2.45) is 0 Å². The van der Waals surface area contributed by atoms with Gasteiger partial charge in [-0.2, -0.15) is 0 Å². The Morgan fingerprint density at radius 1 is 1.75 bits per heavy atom. The third kappa shape index (κ3) is 8.91. The predicted octanol–water partition coefficient (Wildman–Crippen LogP) is -0.328. The van der Waals surface area contributed by atoms with Gasteiger partial charge in [0.1, 0.15) is 0 Å². The molecule has 4 heavy (non-hydrogen) atoms. The van der Waals surface area contributed by atoms with Gasteiger partial charge in [-0.15, -0.1) is 0 Å². The van der Waals surface area contributed by atoms with E-state index in [-0.39, 0.29) is 47.0 Å². The molecule has 1 unspecified atom stereocenters. The van der Waals surface area contributed by atoms with Crippen LogP contribution in [-0.2, 0) is 47.0 Å². The van der Waals surface area contributed by atoms with E-state index in [1.165, 1.54) is 0 Å². The van der Waals surface area contributed by atoms with Gasteiger partial charge in [0.25, 0.3) is 0 Å². The molecular weight excluding hydrogens is 472 g/mol. The van der Waals surface area contributed by atoms with Crippen molar-refractivity contribution in [3.8, 4) is 0 Å². The van der Waals surface area contributed by atoms with Crippen molar-refractivity contribution in [1.29, 1.82) is 0 Å². The first-order chi connectivity index (χ1) is 1.41. The molecule has 0 aliphatic carbocycles. The first kappa shape index (κ1) is 10.1. The maximum atomic E-state index is 2.82. The van der Waals surface area contributed by atoms with E-state index in [4.69, 9.17) is 0 Å². The third-order valence-electron chi connectivity index (χ3n) is 0. The number of hydrogen-bond acceptors (Lipinski definition) is 0. The fourth-order valence-electron chi connectivity index (χ4n) is 0. The Kier molecular flexibility index (Phi) is 23.9. The van der Waals surface area contributed by atoms with Crippen molar-refractivity contribution in [2.75, 3.05) is 0 Å². The van der Waals surface area contributed by atoms with Crippen LogP contribution in [0.3, 0.4) is 0 Å². The fourth-order valence-corrected chi connectivity index (χ4v) is 0. The van der Waals surface area contributed by atoms with Crippen LogP contribution in [0, 0.1) is 0 Å². The van der Waals surface area contributed by atoms with Gasteiger partial charge < -0.3 is 0 Å². The summed E-state index contributed by atoms with van der Waals surface area (Å²) in [4.78, 5) is 0. The van der Waals surface area contributed by atoms with Crippen molar-refractivity contribution in [1.82, 2.24) is 0 Å². The Balaban J connectivity index is 0. The molecule has 0 aromatic carbocycles. The van der Waals surface area contributed by atoms with Crippen molar-refractivity contribution in [3.05, 3.63) is 0 Å². The molecule has 0 aromatic rings. The van der Waals surface area contributed by atoms with Crippen molar-refractivity contribution in [3.63, 3.8) is 0 Å². The predicted molar refractivity (Wildman–Crippen MR) is 16.9 cm³/mol. The van der Waals surface area contributed by atoms with Crippen molar-refractivity contribution < 1.29 is 47.0 Å². The molecule has 0 rings (SSSR count). The Morgan fingerprint density at radius 3 is 1.75 bits per heavy atom. The second-order valence-corrected chi connectivity index (χ2v) is 32.2. The zero-order valence-corrected chi connectivity index (χ0v) is 15.7. The maximum absolute atomic E-state index is 2.82. The summed E-state index contributed by atoms with van der Waals surface area (Å²) >= 11 is 1.92. The third-order valence-corrected chi connectivity index (χ3v) is 0. The molecule has 4 heteroatoms. The van der Waals surface area contributed by atoms with Gasteiger partial charge in [-0.1, -0.05) is 0 Å². The van der Waals surface area contributed by atoms with E-state index in [1.807, 2.05) is 17.4 Å². The molecule has 0 saturated heterocycles. The minimum absolute atomic E-state index is 0. The van der Waals surface area contributed by atoms with Crippen LogP contribution in [0.5, 0.6) is 0 Å². The number of hydrogen-bond donors (Lipinski definition) is 0. The molecule has 0 radical (unpaired) electrons. The van der Waals surface area contributed by atoms with Crippen LogP contribution in [0.1, 0.15) is 0 Å². The molecule has 0 fully saturated rings. The number of rotatable bonds is 0. The van der Waals surface area contributed by atoms with Crippen LogP contribution < -0.4 is 0 Å². The summed E-state index contributed by atoms with van der Waals surface area (Å²) in [7, 11) is 0. The van der Waals surface area contributed by atoms with E-state index in [0.29, 0.717) is 0 Å². The molecule has 0 N–H and O–H groups in total. The van der Waals surface area contributed by atoms with Crippen LogP contribution in [0.2, 0.25) is 0 Å². The van der Waals surface area contributed by atoms with Gasteiger partial charge in [-0.3, -0.25) is 0 Å². The van der Waals surface area contributed by atoms with Gasteiger partial charge in [0.15, 0.2) is 0 Å². The van der Waals surface area contributed by atoms with Gasteiger partial charge in [0.2, 0.25) is 0 Å². The zero-order chi connectivity index (χ0) is 2.71. The van der Waals surface area contributed by atoms with Crippen LogP contribution in [0.15, 0.2) is 0 Å². The van der Waals surface area contributed by atoms with Gasteiger partial charge in [0.05, 0.1) is 0 Å². The van der Waals surface area contributed by atoms with Crippen LogP contribution in [0.4, 0.5) is 0 Å². The standard InChI is InChI=1S/Cd.Hg.H2P.H2Te/h;;2*1H2/q;+2;-1;/p-1. The Hall–Kier alpha value is 3.08. The minimum atomic E-state index is -0.117. The summed E-state index contributed by atoms with van der Waals surface area (Å²) in [5.41, 5.74) is 0. The molecule has 0 nitrogen and oxygen atoms in total. The van der Waals surface area contributed by atoms with Crippen LogP contribution in [-0.4, -0.2) is 17.4 Å². The molecule has 0 amide bonds. The van der Waals surface area contributed by atoms with E-state index >= 15 is 0 Å². The zero-order valence-electron chi connectivity index (χ0n) is 2.44. The topological polar surface area (TPSA) is 0 Å². The second kappa shape index (κ2) is 9.42. The molecule has 0 aliphatic rings. The van der Waals surface area contributed by atoms with Crippen molar-refractivity contribution in [2.45, 2.75) is 0 Å². The van der Waals surface area contributed by atoms with E-state index < -0.39 is 0 Å². The average molecular weight is 475 g/mol. The van der Waals surface area contributed by atoms with E-state index in [9.17, 15) is 0 Å². The second-order valence-electron chi connectivity index (χ2n) is 0.183. The summed E-state index contributed by atoms with van der Waals surface area (Å²) in [6, 6.07) is 0. The summed E-state index contributed by atoms with van der Waals surface area (Å²) < 4.78 is 0. The van der Waals surface area contributed by atoms with Gasteiger partial charge >= 0.3 is 43.4 Å². The van der Waals surface area contributed by atoms with E-state index in [1.54, 1.807) is 0 Å². The molecule has 1 atom stereocenters. The van der Waals surface area contributed by atoms with Gasteiger partial charge in [0, 0.05) is 27.3 Å². The molecule has 0 bridgehead atoms. The van der Waals surface area contributed by atoms with Crippen LogP contribution in [0.25, 0.3) is 0 Å². The van der Waals surface area contributed by atoms with Gasteiger partial charge in [-0.05, 0) is 0 Å². The summed E-state index contributed by atoms with van der Waals surface area (Å²) in [6.07, 6.45) is 2.82. The Bertz CT molecular complexity index is 8.00. The molecule has 0 saturated carbocycles. The SMILES string of the molecule is [Cd].[PH2][Hg][TeH]. The summed E-state index contributed by atoms with van der Waals surface area (Å²) in [6.45, 7) is 0. The quantitative estimate of drug-likeness (QED) is 0.333. The first-order valence-corrected chi connectivity index (χ1v) is 29.4. The monoisotopic (exact) mass is 480 g/mol. The van der Waals surface area contributed by atoms with E-state index in [2.05, 4.69) is 6.30 Å². The molecule has 0 aliphatic heterocycles. The Labute approximate surface area is 69.1 Å². The first-order valence-electron chi connectivity index (χ1n) is 0.724. The average Bonchev–Trinajstić information content (AvgIpc) is 0.918. The van der Waals surface area contributed by atoms with Crippen molar-refractivity contribution >= 4 is 23.7 Å². The molecule has 0 spiro atoms. The summed E-state index contributed by atoms with van der Waals surface area (Å²) in [5, 5.41) is 0. The molecule has 0 heterocycles. The molecule has 18 valence electrons. The Morgan fingerprint density at radius 2 is 1.75 bits per heavy atom.